The van der Waals surface area contributed by atoms with Gasteiger partial charge in [-0.15, -0.1) is 0 Å². The van der Waals surface area contributed by atoms with Crippen molar-refractivity contribution in [1.82, 2.24) is 15.2 Å². The number of carbonyl (C=O) groups excluding carboxylic acids is 3. The van der Waals surface area contributed by atoms with Crippen LogP contribution in [-0.2, 0) is 11.2 Å². The molecular weight excluding hydrogens is 540 g/mol. The molecule has 0 radical (unpaired) electrons. The van der Waals surface area contributed by atoms with Crippen molar-refractivity contribution in [2.45, 2.75) is 50.6 Å². The predicted octanol–water partition coefficient (Wildman–Crippen LogP) is 6.28. The highest BCUT2D eigenvalue weighted by molar-refractivity contribution is 6.22. The number of hydrogen-bond donors (Lipinski definition) is 2. The van der Waals surface area contributed by atoms with Gasteiger partial charge in [0.1, 0.15) is 17.8 Å². The maximum atomic E-state index is 14.1. The Balaban J connectivity index is 1.17. The van der Waals surface area contributed by atoms with E-state index in [1.165, 1.54) is 23.3 Å². The largest absolute Gasteiger partial charge is 0.497 e. The van der Waals surface area contributed by atoms with Gasteiger partial charge in [0.25, 0.3) is 11.8 Å². The summed E-state index contributed by atoms with van der Waals surface area (Å²) in [6.45, 7) is 0.590. The molecule has 1 aliphatic carbocycles. The van der Waals surface area contributed by atoms with Crippen molar-refractivity contribution >= 4 is 34.4 Å². The number of urea groups is 1. The molecule has 4 amide bonds. The number of imide groups is 1. The van der Waals surface area contributed by atoms with E-state index in [1.54, 1.807) is 36.3 Å². The first-order valence-electron chi connectivity index (χ1n) is 15.0. The minimum atomic E-state index is -0.660. The van der Waals surface area contributed by atoms with Crippen LogP contribution in [0.4, 0.5) is 10.5 Å². The molecule has 0 spiro atoms. The minimum Gasteiger partial charge on any atom is -0.497 e. The van der Waals surface area contributed by atoms with Crippen molar-refractivity contribution < 1.29 is 19.1 Å². The number of aromatic nitrogens is 1. The van der Waals surface area contributed by atoms with Crippen LogP contribution >= 0.6 is 0 Å². The number of rotatable bonds is 7. The minimum absolute atomic E-state index is 0.164. The lowest BCUT2D eigenvalue weighted by Crippen LogP contribution is -2.44. The lowest BCUT2D eigenvalue weighted by atomic mass is 9.89. The average Bonchev–Trinajstić information content (AvgIpc) is 3.54. The number of nitrogens with one attached hydrogen (secondary N) is 2. The van der Waals surface area contributed by atoms with Crippen LogP contribution in [0, 0.1) is 0 Å². The van der Waals surface area contributed by atoms with E-state index in [1.807, 2.05) is 42.5 Å². The van der Waals surface area contributed by atoms with Crippen LogP contribution in [0.2, 0.25) is 0 Å². The van der Waals surface area contributed by atoms with Gasteiger partial charge >= 0.3 is 6.03 Å². The monoisotopic (exact) mass is 574 g/mol. The quantitative estimate of drug-likeness (QED) is 0.201. The van der Waals surface area contributed by atoms with Gasteiger partial charge in [-0.25, -0.2) is 9.69 Å². The Hall–Kier alpha value is -4.85. The van der Waals surface area contributed by atoms with Gasteiger partial charge in [0.2, 0.25) is 0 Å². The number of ether oxygens (including phenoxy) is 1. The molecule has 1 aromatic heterocycles. The molecule has 2 atom stereocenters. The Morgan fingerprint density at radius 2 is 1.86 bits per heavy atom. The Kier molecular flexibility index (Phi) is 6.97. The van der Waals surface area contributed by atoms with E-state index >= 15 is 0 Å². The van der Waals surface area contributed by atoms with Gasteiger partial charge in [-0.3, -0.25) is 14.5 Å². The van der Waals surface area contributed by atoms with Crippen molar-refractivity contribution in [2.75, 3.05) is 18.6 Å². The molecule has 2 N–H and O–H groups in total. The number of amides is 4. The molecule has 0 bridgehead atoms. The third kappa shape index (κ3) is 4.76. The molecule has 218 valence electrons. The molecule has 2 aliphatic heterocycles. The Bertz CT molecular complexity index is 1760. The molecular formula is C35H34N4O4. The Labute approximate surface area is 250 Å². The van der Waals surface area contributed by atoms with E-state index in [4.69, 9.17) is 4.74 Å². The second-order valence-electron chi connectivity index (χ2n) is 11.5. The molecule has 3 aliphatic rings. The predicted molar refractivity (Wildman–Crippen MR) is 165 cm³/mol. The number of carbonyl (C=O) groups is 3. The summed E-state index contributed by atoms with van der Waals surface area (Å²) in [6.07, 6.45) is 8.27. The van der Waals surface area contributed by atoms with E-state index in [0.717, 1.165) is 47.0 Å². The van der Waals surface area contributed by atoms with Gasteiger partial charge in [-0.1, -0.05) is 42.0 Å². The molecule has 0 saturated carbocycles. The van der Waals surface area contributed by atoms with E-state index in [-0.39, 0.29) is 17.8 Å². The zero-order valence-corrected chi connectivity index (χ0v) is 24.1. The second kappa shape index (κ2) is 11.1. The van der Waals surface area contributed by atoms with E-state index in [2.05, 4.69) is 22.4 Å². The van der Waals surface area contributed by atoms with Crippen molar-refractivity contribution in [2.24, 2.45) is 0 Å². The number of aromatic amines is 1. The van der Waals surface area contributed by atoms with Gasteiger partial charge in [-0.2, -0.15) is 0 Å². The van der Waals surface area contributed by atoms with Crippen molar-refractivity contribution in [3.05, 3.63) is 107 Å². The number of allylic oxidation sites excluding steroid dienone is 1. The maximum absolute atomic E-state index is 14.1. The normalized spacial score (nSPS) is 19.7. The maximum Gasteiger partial charge on any atom is 0.332 e. The summed E-state index contributed by atoms with van der Waals surface area (Å²) in [4.78, 5) is 47.4. The Morgan fingerprint density at radius 1 is 1.02 bits per heavy atom. The number of nitrogens with zero attached hydrogens (tertiary/aromatic N) is 2. The van der Waals surface area contributed by atoms with Gasteiger partial charge in [0, 0.05) is 35.1 Å². The molecule has 1 unspecified atom stereocenters. The van der Waals surface area contributed by atoms with E-state index in [0.29, 0.717) is 30.0 Å². The molecule has 4 aromatic rings. The number of methoxy groups -OCH3 is 1. The third-order valence-corrected chi connectivity index (χ3v) is 8.96. The number of para-hydroxylation sites is 1. The molecule has 43 heavy (non-hydrogen) atoms. The van der Waals surface area contributed by atoms with Crippen LogP contribution in [0.3, 0.4) is 0 Å². The molecule has 3 aromatic carbocycles. The molecule has 1 fully saturated rings. The SMILES string of the molecule is COc1cccc(C2c3[nH]c4ccccc4c3C[C@H]3C(=O)N(c4ccc(C(=O)NCCC5=CCCCC5)cc4)C(=O)N23)c1. The number of benzene rings is 3. The zero-order valence-electron chi connectivity index (χ0n) is 24.1. The second-order valence-corrected chi connectivity index (χ2v) is 11.5. The van der Waals surface area contributed by atoms with Gasteiger partial charge < -0.3 is 15.0 Å². The van der Waals surface area contributed by atoms with Crippen LogP contribution in [0.15, 0.2) is 84.4 Å². The van der Waals surface area contributed by atoms with Crippen molar-refractivity contribution in [3.63, 3.8) is 0 Å². The standard InChI is InChI=1S/C35H34N4O4/c1-43-26-11-7-10-24(20-26)32-31-28(27-12-5-6-13-29(27)37-31)21-30-34(41)38(35(42)39(30)32)25-16-14-23(15-17-25)33(40)36-19-18-22-8-3-2-4-9-22/h5-8,10-17,20,30,32,37H,2-4,9,18-19,21H2,1H3,(H,36,40)/t30-,32?/m0/s1. The smallest absolute Gasteiger partial charge is 0.332 e. The lowest BCUT2D eigenvalue weighted by Gasteiger charge is -2.36. The highest BCUT2D eigenvalue weighted by atomic mass is 16.5. The van der Waals surface area contributed by atoms with Crippen LogP contribution in [-0.4, -0.2) is 47.4 Å². The third-order valence-electron chi connectivity index (χ3n) is 8.96. The molecule has 1 saturated heterocycles. The number of hydrogen-bond acceptors (Lipinski definition) is 4. The average molecular weight is 575 g/mol. The highest BCUT2D eigenvalue weighted by Crippen LogP contribution is 2.45. The summed E-state index contributed by atoms with van der Waals surface area (Å²) in [5, 5.41) is 4.05. The fourth-order valence-electron chi connectivity index (χ4n) is 6.80. The highest BCUT2D eigenvalue weighted by Gasteiger charge is 2.53. The van der Waals surface area contributed by atoms with Crippen LogP contribution in [0.25, 0.3) is 10.9 Å². The molecule has 8 heteroatoms. The van der Waals surface area contributed by atoms with Gasteiger partial charge in [0.15, 0.2) is 0 Å². The molecule has 8 nitrogen and oxygen atoms in total. The summed E-state index contributed by atoms with van der Waals surface area (Å²) in [5.41, 5.74) is 6.14. The first kappa shape index (κ1) is 27.0. The first-order valence-corrected chi connectivity index (χ1v) is 15.0. The van der Waals surface area contributed by atoms with Crippen LogP contribution in [0.5, 0.6) is 5.75 Å². The summed E-state index contributed by atoms with van der Waals surface area (Å²) in [7, 11) is 1.61. The van der Waals surface area contributed by atoms with Gasteiger partial charge in [-0.05, 0) is 85.7 Å². The summed E-state index contributed by atoms with van der Waals surface area (Å²) in [6, 6.07) is 20.9. The zero-order chi connectivity index (χ0) is 29.5. The fraction of sp³-hybridized carbons (Fsp3) is 0.286. The van der Waals surface area contributed by atoms with Crippen molar-refractivity contribution in [3.8, 4) is 5.75 Å². The Morgan fingerprint density at radius 3 is 2.65 bits per heavy atom. The van der Waals surface area contributed by atoms with Gasteiger partial charge in [0.05, 0.1) is 12.8 Å². The summed E-state index contributed by atoms with van der Waals surface area (Å²) in [5.74, 6) is 0.242. The van der Waals surface area contributed by atoms with Crippen molar-refractivity contribution in [1.29, 1.82) is 0 Å². The topological polar surface area (TPSA) is 94.7 Å². The molecule has 7 rings (SSSR count). The van der Waals surface area contributed by atoms with E-state index in [9.17, 15) is 14.4 Å². The number of H-pyrrole nitrogens is 1. The summed E-state index contributed by atoms with van der Waals surface area (Å²) < 4.78 is 5.50. The first-order chi connectivity index (χ1) is 21.0. The fourth-order valence-corrected chi connectivity index (χ4v) is 6.80. The molecule has 3 heterocycles. The lowest BCUT2D eigenvalue weighted by molar-refractivity contribution is -0.120. The van der Waals surface area contributed by atoms with Crippen LogP contribution < -0.4 is 15.0 Å². The van der Waals surface area contributed by atoms with E-state index < -0.39 is 12.1 Å². The van der Waals surface area contributed by atoms with Crippen LogP contribution in [0.1, 0.15) is 65.3 Å². The summed E-state index contributed by atoms with van der Waals surface area (Å²) >= 11 is 0. The number of fused-ring (bicyclic) bond motifs is 4. The number of anilines is 1.